The Hall–Kier alpha value is -3.76. The minimum Gasteiger partial charge on any atom is -0.375 e. The number of hydrogen-bond donors (Lipinski definition) is 1. The summed E-state index contributed by atoms with van der Waals surface area (Å²) in [6.45, 7) is 4.37. The molecule has 33 heavy (non-hydrogen) atoms. The maximum absolute atomic E-state index is 13.6. The monoisotopic (exact) mass is 435 g/mol. The second-order valence-corrected chi connectivity index (χ2v) is 8.86. The van der Waals surface area contributed by atoms with E-state index in [0.717, 1.165) is 27.5 Å². The fourth-order valence-corrected chi connectivity index (χ4v) is 4.67. The lowest BCUT2D eigenvalue weighted by molar-refractivity contribution is -0.136. The van der Waals surface area contributed by atoms with Gasteiger partial charge in [-0.15, -0.1) is 0 Å². The third-order valence-electron chi connectivity index (χ3n) is 6.56. The highest BCUT2D eigenvalue weighted by Gasteiger charge is 2.50. The molecule has 0 aliphatic carbocycles. The summed E-state index contributed by atoms with van der Waals surface area (Å²) < 4.78 is 0. The Labute approximate surface area is 193 Å². The van der Waals surface area contributed by atoms with Crippen LogP contribution in [0.15, 0.2) is 84.9 Å². The Kier molecular flexibility index (Phi) is 5.10. The van der Waals surface area contributed by atoms with Gasteiger partial charge in [0.1, 0.15) is 0 Å². The van der Waals surface area contributed by atoms with E-state index in [1.165, 1.54) is 0 Å². The van der Waals surface area contributed by atoms with Gasteiger partial charge < -0.3 is 10.0 Å². The Morgan fingerprint density at radius 1 is 0.879 bits per heavy atom. The molecule has 4 heteroatoms. The molecule has 0 aromatic heterocycles. The first-order valence-electron chi connectivity index (χ1n) is 11.1. The normalized spacial score (nSPS) is 17.4. The highest BCUT2D eigenvalue weighted by atomic mass is 16.3. The van der Waals surface area contributed by atoms with Crippen LogP contribution in [0.1, 0.15) is 39.0 Å². The fourth-order valence-electron chi connectivity index (χ4n) is 4.67. The highest BCUT2D eigenvalue weighted by Crippen LogP contribution is 2.43. The van der Waals surface area contributed by atoms with Gasteiger partial charge in [-0.1, -0.05) is 78.4 Å². The number of amides is 1. The van der Waals surface area contributed by atoms with Gasteiger partial charge in [0.15, 0.2) is 11.4 Å². The zero-order valence-corrected chi connectivity index (χ0v) is 18.7. The average Bonchev–Trinajstić information content (AvgIpc) is 3.03. The van der Waals surface area contributed by atoms with Gasteiger partial charge in [-0.05, 0) is 47.9 Å². The molecule has 0 spiro atoms. The van der Waals surface area contributed by atoms with Crippen LogP contribution in [0.3, 0.4) is 0 Å². The molecular formula is C29H25NO3. The molecule has 5 rings (SSSR count). The van der Waals surface area contributed by atoms with Crippen molar-refractivity contribution in [1.29, 1.82) is 0 Å². The lowest BCUT2D eigenvalue weighted by Crippen LogP contribution is -2.41. The van der Waals surface area contributed by atoms with Crippen LogP contribution < -0.4 is 4.90 Å². The smallest absolute Gasteiger partial charge is 0.264 e. The van der Waals surface area contributed by atoms with E-state index in [-0.39, 0.29) is 12.2 Å². The molecule has 0 saturated carbocycles. The summed E-state index contributed by atoms with van der Waals surface area (Å²) >= 11 is 0. The van der Waals surface area contributed by atoms with Crippen molar-refractivity contribution in [2.24, 2.45) is 0 Å². The van der Waals surface area contributed by atoms with Gasteiger partial charge >= 0.3 is 0 Å². The van der Waals surface area contributed by atoms with E-state index in [9.17, 15) is 14.7 Å². The van der Waals surface area contributed by atoms with Gasteiger partial charge in [0.05, 0.1) is 18.7 Å². The molecule has 1 atom stereocenters. The lowest BCUT2D eigenvalue weighted by Gasteiger charge is -2.23. The quantitative estimate of drug-likeness (QED) is 0.423. The van der Waals surface area contributed by atoms with Crippen molar-refractivity contribution in [3.63, 3.8) is 0 Å². The first-order chi connectivity index (χ1) is 15.9. The zero-order valence-electron chi connectivity index (χ0n) is 18.7. The number of carbonyl (C=O) groups excluding carboxylic acids is 2. The maximum atomic E-state index is 13.6. The van der Waals surface area contributed by atoms with Crippen LogP contribution in [0.2, 0.25) is 0 Å². The number of aryl methyl sites for hydroxylation is 2. The molecule has 0 bridgehead atoms. The molecule has 1 aliphatic heterocycles. The molecule has 4 aromatic carbocycles. The number of carbonyl (C=O) groups is 2. The predicted octanol–water partition coefficient (Wildman–Crippen LogP) is 5.46. The predicted molar refractivity (Wildman–Crippen MR) is 130 cm³/mol. The standard InChI is InChI=1S/C29H25NO3/c1-19-11-12-20(2)24(15-19)18-30-26-10-6-5-9-25(26)29(33,28(30)32)17-27(31)23-14-13-21-7-3-4-8-22(21)16-23/h3-16,33H,17-18H2,1-2H3/t29-/m0/s1. The van der Waals surface area contributed by atoms with Crippen LogP contribution in [0.4, 0.5) is 5.69 Å². The van der Waals surface area contributed by atoms with Crippen LogP contribution in [0.5, 0.6) is 0 Å². The number of anilines is 1. The summed E-state index contributed by atoms with van der Waals surface area (Å²) in [5, 5.41) is 13.6. The SMILES string of the molecule is Cc1ccc(C)c(CN2C(=O)[C@](O)(CC(=O)c3ccc4ccccc4c3)c3ccccc32)c1. The van der Waals surface area contributed by atoms with Crippen molar-refractivity contribution >= 4 is 28.2 Å². The minimum absolute atomic E-state index is 0.264. The first kappa shape index (κ1) is 21.1. The number of aliphatic hydroxyl groups is 1. The molecule has 0 radical (unpaired) electrons. The van der Waals surface area contributed by atoms with Crippen molar-refractivity contribution in [1.82, 2.24) is 0 Å². The van der Waals surface area contributed by atoms with Crippen molar-refractivity contribution in [2.45, 2.75) is 32.4 Å². The zero-order chi connectivity index (χ0) is 23.2. The molecular weight excluding hydrogens is 410 g/mol. The Morgan fingerprint density at radius 3 is 2.42 bits per heavy atom. The van der Waals surface area contributed by atoms with E-state index in [2.05, 4.69) is 6.07 Å². The number of nitrogens with zero attached hydrogens (tertiary/aromatic N) is 1. The van der Waals surface area contributed by atoms with Gasteiger partial charge in [-0.25, -0.2) is 0 Å². The van der Waals surface area contributed by atoms with Crippen molar-refractivity contribution in [3.8, 4) is 0 Å². The largest absolute Gasteiger partial charge is 0.375 e. The molecule has 4 aromatic rings. The summed E-state index contributed by atoms with van der Waals surface area (Å²) in [6, 6.07) is 26.6. The third kappa shape index (κ3) is 3.62. The maximum Gasteiger partial charge on any atom is 0.264 e. The second-order valence-electron chi connectivity index (χ2n) is 8.86. The van der Waals surface area contributed by atoms with Crippen LogP contribution >= 0.6 is 0 Å². The Bertz CT molecular complexity index is 1410. The van der Waals surface area contributed by atoms with E-state index in [1.807, 2.05) is 74.5 Å². The van der Waals surface area contributed by atoms with Gasteiger partial charge in [0.25, 0.3) is 5.91 Å². The number of benzene rings is 4. The summed E-state index contributed by atoms with van der Waals surface area (Å²) in [6.07, 6.45) is -0.301. The van der Waals surface area contributed by atoms with Crippen molar-refractivity contribution in [2.75, 3.05) is 4.90 Å². The van der Waals surface area contributed by atoms with E-state index >= 15 is 0 Å². The second kappa shape index (κ2) is 7.98. The number of rotatable bonds is 5. The highest BCUT2D eigenvalue weighted by molar-refractivity contribution is 6.11. The number of hydrogen-bond acceptors (Lipinski definition) is 3. The summed E-state index contributed by atoms with van der Waals surface area (Å²) in [7, 11) is 0. The van der Waals surface area contributed by atoms with E-state index in [4.69, 9.17) is 0 Å². The summed E-state index contributed by atoms with van der Waals surface area (Å²) in [4.78, 5) is 28.4. The van der Waals surface area contributed by atoms with Crippen LogP contribution in [0, 0.1) is 13.8 Å². The topological polar surface area (TPSA) is 57.6 Å². The molecule has 164 valence electrons. The van der Waals surface area contributed by atoms with Crippen molar-refractivity contribution < 1.29 is 14.7 Å². The molecule has 1 heterocycles. The Balaban J connectivity index is 1.49. The van der Waals surface area contributed by atoms with E-state index in [1.54, 1.807) is 23.1 Å². The lowest BCUT2D eigenvalue weighted by atomic mass is 9.87. The van der Waals surface area contributed by atoms with Gasteiger partial charge in [-0.2, -0.15) is 0 Å². The summed E-state index contributed by atoms with van der Waals surface area (Å²) in [5.41, 5.74) is 2.93. The number of fused-ring (bicyclic) bond motifs is 2. The first-order valence-corrected chi connectivity index (χ1v) is 11.1. The van der Waals surface area contributed by atoms with Crippen LogP contribution in [-0.2, 0) is 16.9 Å². The minimum atomic E-state index is -1.89. The molecule has 1 amide bonds. The molecule has 0 fully saturated rings. The van der Waals surface area contributed by atoms with Crippen LogP contribution in [-0.4, -0.2) is 16.8 Å². The van der Waals surface area contributed by atoms with Crippen molar-refractivity contribution in [3.05, 3.63) is 113 Å². The van der Waals surface area contributed by atoms with Crippen LogP contribution in [0.25, 0.3) is 10.8 Å². The molecule has 1 aliphatic rings. The van der Waals surface area contributed by atoms with E-state index in [0.29, 0.717) is 23.4 Å². The molecule has 1 N–H and O–H groups in total. The number of ketones is 1. The van der Waals surface area contributed by atoms with Gasteiger partial charge in [0.2, 0.25) is 0 Å². The third-order valence-corrected chi connectivity index (χ3v) is 6.56. The van der Waals surface area contributed by atoms with Gasteiger partial charge in [0, 0.05) is 11.1 Å². The number of Topliss-reactive ketones (excluding diaryl/α,β-unsaturated/α-hetero) is 1. The molecule has 4 nitrogen and oxygen atoms in total. The molecule has 0 unspecified atom stereocenters. The average molecular weight is 436 g/mol. The number of para-hydroxylation sites is 1. The molecule has 0 saturated heterocycles. The van der Waals surface area contributed by atoms with E-state index < -0.39 is 11.5 Å². The Morgan fingerprint density at radius 2 is 1.61 bits per heavy atom. The fraction of sp³-hybridized carbons (Fsp3) is 0.172. The van der Waals surface area contributed by atoms with Gasteiger partial charge in [-0.3, -0.25) is 9.59 Å². The summed E-state index contributed by atoms with van der Waals surface area (Å²) in [5.74, 6) is -0.723.